The van der Waals surface area contributed by atoms with Gasteiger partial charge in [-0.25, -0.2) is 0 Å². The number of carbonyl (C=O) groups is 1. The van der Waals surface area contributed by atoms with Crippen molar-refractivity contribution in [2.45, 2.75) is 0 Å². The van der Waals surface area contributed by atoms with Crippen LogP contribution in [0.5, 0.6) is 0 Å². The zero-order valence-corrected chi connectivity index (χ0v) is 11.9. The van der Waals surface area contributed by atoms with E-state index in [2.05, 4.69) is 5.32 Å². The van der Waals surface area contributed by atoms with Gasteiger partial charge in [0.15, 0.2) is 0 Å². The van der Waals surface area contributed by atoms with Crippen molar-refractivity contribution in [3.63, 3.8) is 0 Å². The maximum Gasteiger partial charge on any atom is 0.257 e. The molecule has 3 rings (SSSR count). The molecule has 3 aromatic rings. The van der Waals surface area contributed by atoms with Crippen LogP contribution in [0, 0.1) is 0 Å². The molecule has 3 aromatic carbocycles. The lowest BCUT2D eigenvalue weighted by molar-refractivity contribution is 0.102. The van der Waals surface area contributed by atoms with Crippen molar-refractivity contribution in [3.8, 4) is 0 Å². The molecule has 4 heteroatoms. The Morgan fingerprint density at radius 3 is 2.57 bits per heavy atom. The highest BCUT2D eigenvalue weighted by atomic mass is 35.5. The second-order valence-corrected chi connectivity index (χ2v) is 5.13. The molecule has 0 unspecified atom stereocenters. The molecule has 0 saturated heterocycles. The minimum atomic E-state index is -0.253. The Labute approximate surface area is 127 Å². The third-order valence-electron chi connectivity index (χ3n) is 3.28. The Morgan fingerprint density at radius 1 is 1.00 bits per heavy atom. The highest BCUT2D eigenvalue weighted by molar-refractivity contribution is 6.34. The summed E-state index contributed by atoms with van der Waals surface area (Å²) in [5.41, 5.74) is 7.33. The fourth-order valence-electron chi connectivity index (χ4n) is 2.24. The van der Waals surface area contributed by atoms with E-state index in [1.165, 1.54) is 0 Å². The summed E-state index contributed by atoms with van der Waals surface area (Å²) in [5, 5.41) is 5.29. The van der Waals surface area contributed by atoms with Gasteiger partial charge >= 0.3 is 0 Å². The average Bonchev–Trinajstić information content (AvgIpc) is 2.47. The van der Waals surface area contributed by atoms with Crippen LogP contribution < -0.4 is 11.1 Å². The number of halogens is 1. The third-order valence-corrected chi connectivity index (χ3v) is 3.59. The molecular weight excluding hydrogens is 284 g/mol. The molecule has 0 aliphatic heterocycles. The zero-order chi connectivity index (χ0) is 14.8. The Morgan fingerprint density at radius 2 is 1.76 bits per heavy atom. The monoisotopic (exact) mass is 296 g/mol. The maximum atomic E-state index is 12.4. The molecule has 0 aliphatic carbocycles. The van der Waals surface area contributed by atoms with Crippen LogP contribution in [-0.4, -0.2) is 5.91 Å². The summed E-state index contributed by atoms with van der Waals surface area (Å²) < 4.78 is 0. The summed E-state index contributed by atoms with van der Waals surface area (Å²) in [6, 6.07) is 18.5. The molecule has 0 fully saturated rings. The molecule has 0 saturated carbocycles. The SMILES string of the molecule is Nc1ccc(C(=O)Nc2cccc3ccccc23)c(Cl)c1. The van der Waals surface area contributed by atoms with E-state index >= 15 is 0 Å². The number of amides is 1. The van der Waals surface area contributed by atoms with Gasteiger partial charge in [0.1, 0.15) is 0 Å². The summed E-state index contributed by atoms with van der Waals surface area (Å²) in [4.78, 5) is 12.4. The highest BCUT2D eigenvalue weighted by Crippen LogP contribution is 2.25. The molecule has 0 atom stereocenters. The largest absolute Gasteiger partial charge is 0.399 e. The number of nitrogens with one attached hydrogen (secondary N) is 1. The van der Waals surface area contributed by atoms with Crippen molar-refractivity contribution in [1.82, 2.24) is 0 Å². The van der Waals surface area contributed by atoms with E-state index in [9.17, 15) is 4.79 Å². The maximum absolute atomic E-state index is 12.4. The molecule has 3 N–H and O–H groups in total. The first-order valence-electron chi connectivity index (χ1n) is 6.49. The van der Waals surface area contributed by atoms with Gasteiger partial charge in [-0.3, -0.25) is 4.79 Å². The van der Waals surface area contributed by atoms with E-state index in [4.69, 9.17) is 17.3 Å². The van der Waals surface area contributed by atoms with Gasteiger partial charge < -0.3 is 11.1 Å². The predicted molar refractivity (Wildman–Crippen MR) is 87.8 cm³/mol. The van der Waals surface area contributed by atoms with Gasteiger partial charge in [-0.05, 0) is 29.7 Å². The lowest BCUT2D eigenvalue weighted by Gasteiger charge is -2.10. The van der Waals surface area contributed by atoms with Gasteiger partial charge in [-0.15, -0.1) is 0 Å². The van der Waals surface area contributed by atoms with E-state index in [-0.39, 0.29) is 5.91 Å². The van der Waals surface area contributed by atoms with Crippen LogP contribution in [0.15, 0.2) is 60.7 Å². The number of benzene rings is 3. The lowest BCUT2D eigenvalue weighted by atomic mass is 10.1. The van der Waals surface area contributed by atoms with Crippen LogP contribution in [-0.2, 0) is 0 Å². The second-order valence-electron chi connectivity index (χ2n) is 4.72. The van der Waals surface area contributed by atoms with Crippen LogP contribution in [0.1, 0.15) is 10.4 Å². The molecule has 0 heterocycles. The average molecular weight is 297 g/mol. The molecule has 0 spiro atoms. The first-order valence-corrected chi connectivity index (χ1v) is 6.87. The Bertz CT molecular complexity index is 825. The predicted octanol–water partition coefficient (Wildman–Crippen LogP) is 4.33. The number of anilines is 2. The van der Waals surface area contributed by atoms with Crippen molar-refractivity contribution >= 4 is 39.7 Å². The summed E-state index contributed by atoms with van der Waals surface area (Å²) in [6.07, 6.45) is 0. The summed E-state index contributed by atoms with van der Waals surface area (Å²) in [5.74, 6) is -0.253. The first-order chi connectivity index (χ1) is 10.1. The standard InChI is InChI=1S/C17H13ClN2O/c18-15-10-12(19)8-9-14(15)17(21)20-16-7-3-5-11-4-1-2-6-13(11)16/h1-10H,19H2,(H,20,21). The number of fused-ring (bicyclic) bond motifs is 1. The molecule has 104 valence electrons. The minimum absolute atomic E-state index is 0.253. The van der Waals surface area contributed by atoms with Crippen molar-refractivity contribution in [2.75, 3.05) is 11.1 Å². The number of hydrogen-bond donors (Lipinski definition) is 2. The van der Waals surface area contributed by atoms with Gasteiger partial charge in [0.2, 0.25) is 0 Å². The van der Waals surface area contributed by atoms with E-state index in [1.807, 2.05) is 42.5 Å². The van der Waals surface area contributed by atoms with E-state index in [0.717, 1.165) is 16.5 Å². The van der Waals surface area contributed by atoms with Gasteiger partial charge in [0.25, 0.3) is 5.91 Å². The zero-order valence-electron chi connectivity index (χ0n) is 11.1. The van der Waals surface area contributed by atoms with Crippen LogP contribution in [0.2, 0.25) is 5.02 Å². The van der Waals surface area contributed by atoms with Crippen LogP contribution in [0.3, 0.4) is 0 Å². The minimum Gasteiger partial charge on any atom is -0.399 e. The number of nitrogens with two attached hydrogens (primary N) is 1. The van der Waals surface area contributed by atoms with Gasteiger partial charge in [-0.2, -0.15) is 0 Å². The molecule has 0 radical (unpaired) electrons. The first kappa shape index (κ1) is 13.5. The van der Waals surface area contributed by atoms with Gasteiger partial charge in [-0.1, -0.05) is 48.0 Å². The van der Waals surface area contributed by atoms with E-state index in [1.54, 1.807) is 18.2 Å². The molecule has 21 heavy (non-hydrogen) atoms. The number of carbonyl (C=O) groups excluding carboxylic acids is 1. The number of rotatable bonds is 2. The smallest absolute Gasteiger partial charge is 0.257 e. The van der Waals surface area contributed by atoms with Crippen molar-refractivity contribution in [3.05, 3.63) is 71.2 Å². The van der Waals surface area contributed by atoms with Crippen molar-refractivity contribution < 1.29 is 4.79 Å². The van der Waals surface area contributed by atoms with Gasteiger partial charge in [0, 0.05) is 16.8 Å². The Balaban J connectivity index is 1.97. The molecule has 0 bridgehead atoms. The highest BCUT2D eigenvalue weighted by Gasteiger charge is 2.12. The Hall–Kier alpha value is -2.52. The molecular formula is C17H13ClN2O. The van der Waals surface area contributed by atoms with E-state index in [0.29, 0.717) is 16.3 Å². The lowest BCUT2D eigenvalue weighted by Crippen LogP contribution is -2.12. The topological polar surface area (TPSA) is 55.1 Å². The Kier molecular flexibility index (Phi) is 3.50. The van der Waals surface area contributed by atoms with Crippen LogP contribution in [0.4, 0.5) is 11.4 Å². The fourth-order valence-corrected chi connectivity index (χ4v) is 2.51. The number of nitrogen functional groups attached to an aromatic ring is 1. The van der Waals surface area contributed by atoms with Gasteiger partial charge in [0.05, 0.1) is 10.6 Å². The van der Waals surface area contributed by atoms with E-state index < -0.39 is 0 Å². The van der Waals surface area contributed by atoms with Crippen molar-refractivity contribution in [1.29, 1.82) is 0 Å². The van der Waals surface area contributed by atoms with Crippen molar-refractivity contribution in [2.24, 2.45) is 0 Å². The normalized spacial score (nSPS) is 10.5. The quantitative estimate of drug-likeness (QED) is 0.692. The summed E-state index contributed by atoms with van der Waals surface area (Å²) in [6.45, 7) is 0. The fraction of sp³-hybridized carbons (Fsp3) is 0. The van der Waals surface area contributed by atoms with Crippen LogP contribution in [0.25, 0.3) is 10.8 Å². The molecule has 0 aliphatic rings. The third kappa shape index (κ3) is 2.69. The summed E-state index contributed by atoms with van der Waals surface area (Å²) >= 11 is 6.07. The second kappa shape index (κ2) is 5.46. The molecule has 3 nitrogen and oxygen atoms in total. The molecule has 0 aromatic heterocycles. The summed E-state index contributed by atoms with van der Waals surface area (Å²) in [7, 11) is 0. The number of hydrogen-bond acceptors (Lipinski definition) is 2. The molecule has 1 amide bonds. The van der Waals surface area contributed by atoms with Crippen LogP contribution >= 0.6 is 11.6 Å².